The fraction of sp³-hybridized carbons (Fsp3) is 0.258. The Morgan fingerprint density at radius 1 is 1.15 bits per heavy atom. The van der Waals surface area contributed by atoms with Gasteiger partial charge < -0.3 is 25.8 Å². The highest BCUT2D eigenvalue weighted by molar-refractivity contribution is 6.19. The van der Waals surface area contributed by atoms with Crippen LogP contribution in [0.25, 0.3) is 0 Å². The Kier molecular flexibility index (Phi) is 10.3. The third kappa shape index (κ3) is 7.85. The zero-order valence-corrected chi connectivity index (χ0v) is 22.9. The second kappa shape index (κ2) is 14.5. The molecule has 41 heavy (non-hydrogen) atoms. The van der Waals surface area contributed by atoms with Crippen molar-refractivity contribution in [2.24, 2.45) is 15.7 Å². The van der Waals surface area contributed by atoms with Crippen LogP contribution in [0.4, 0.5) is 5.69 Å². The van der Waals surface area contributed by atoms with Gasteiger partial charge in [-0.15, -0.1) is 0 Å². The van der Waals surface area contributed by atoms with Gasteiger partial charge in [0.25, 0.3) is 11.9 Å². The molecule has 10 heteroatoms. The van der Waals surface area contributed by atoms with Crippen LogP contribution >= 0.6 is 0 Å². The first-order valence-electron chi connectivity index (χ1n) is 13.4. The average molecular weight is 552 g/mol. The molecule has 1 heterocycles. The Morgan fingerprint density at radius 3 is 2.71 bits per heavy atom. The first kappa shape index (κ1) is 29.1. The van der Waals surface area contributed by atoms with Gasteiger partial charge in [-0.1, -0.05) is 61.9 Å². The van der Waals surface area contributed by atoms with Crippen LogP contribution in [0.2, 0.25) is 0 Å². The molecule has 1 atom stereocenters. The molecule has 0 aliphatic carbocycles. The van der Waals surface area contributed by atoms with Crippen molar-refractivity contribution in [3.63, 3.8) is 0 Å². The summed E-state index contributed by atoms with van der Waals surface area (Å²) in [5.41, 5.74) is 10.2. The molecular formula is C31H33N7O3. The van der Waals surface area contributed by atoms with Gasteiger partial charge in [-0.25, -0.2) is 4.99 Å². The van der Waals surface area contributed by atoms with E-state index in [1.165, 1.54) is 0 Å². The lowest BCUT2D eigenvalue weighted by Gasteiger charge is -2.13. The molecule has 4 rings (SSSR count). The highest BCUT2D eigenvalue weighted by Gasteiger charge is 2.26. The molecule has 0 saturated heterocycles. The number of ether oxygens (including phenoxy) is 2. The molecule has 10 nitrogen and oxygen atoms in total. The van der Waals surface area contributed by atoms with E-state index < -0.39 is 18.1 Å². The number of benzene rings is 3. The SMILES string of the molecule is CCCCNCCOCc1cc(C#N)ccc1C(=N)OC(N)=NC1N=C(c2ccccc2)c2ccccc2NC1=O. The number of aliphatic imine (C=N–C) groups is 2. The van der Waals surface area contributed by atoms with Gasteiger partial charge in [0.2, 0.25) is 12.1 Å². The van der Waals surface area contributed by atoms with E-state index in [2.05, 4.69) is 33.6 Å². The number of hydrogen-bond donors (Lipinski definition) is 4. The van der Waals surface area contributed by atoms with Gasteiger partial charge in [-0.05, 0) is 42.8 Å². The number of anilines is 1. The summed E-state index contributed by atoms with van der Waals surface area (Å²) in [6.45, 7) is 4.40. The number of para-hydroxylation sites is 1. The van der Waals surface area contributed by atoms with Gasteiger partial charge in [0.1, 0.15) is 0 Å². The molecule has 1 amide bonds. The van der Waals surface area contributed by atoms with Crippen LogP contribution in [-0.2, 0) is 20.9 Å². The fourth-order valence-electron chi connectivity index (χ4n) is 4.22. The first-order chi connectivity index (χ1) is 20.0. The minimum absolute atomic E-state index is 0.178. The van der Waals surface area contributed by atoms with Crippen LogP contribution in [0.15, 0.2) is 82.8 Å². The van der Waals surface area contributed by atoms with Crippen molar-refractivity contribution in [1.82, 2.24) is 5.32 Å². The molecule has 0 fully saturated rings. The van der Waals surface area contributed by atoms with E-state index in [4.69, 9.17) is 20.6 Å². The van der Waals surface area contributed by atoms with Crippen molar-refractivity contribution < 1.29 is 14.3 Å². The highest BCUT2D eigenvalue weighted by atomic mass is 16.5. The maximum Gasteiger partial charge on any atom is 0.291 e. The monoisotopic (exact) mass is 551 g/mol. The van der Waals surface area contributed by atoms with E-state index in [0.29, 0.717) is 41.2 Å². The molecule has 0 bridgehead atoms. The molecule has 210 valence electrons. The minimum Gasteiger partial charge on any atom is -0.407 e. The molecule has 3 aromatic carbocycles. The zero-order chi connectivity index (χ0) is 29.0. The van der Waals surface area contributed by atoms with Gasteiger partial charge in [0.15, 0.2) is 0 Å². The summed E-state index contributed by atoms with van der Waals surface area (Å²) in [5, 5.41) is 24.1. The number of nitrogens with two attached hydrogens (primary N) is 1. The number of hydrogen-bond acceptors (Lipinski definition) is 8. The normalized spacial score (nSPS) is 14.7. The van der Waals surface area contributed by atoms with E-state index in [-0.39, 0.29) is 12.5 Å². The number of amides is 1. The maximum atomic E-state index is 13.1. The molecule has 3 aromatic rings. The predicted octanol–water partition coefficient (Wildman–Crippen LogP) is 3.94. The molecule has 1 aliphatic heterocycles. The molecular weight excluding hydrogens is 518 g/mol. The topological polar surface area (TPSA) is 158 Å². The second-order valence-corrected chi connectivity index (χ2v) is 9.29. The van der Waals surface area contributed by atoms with Crippen LogP contribution in [0, 0.1) is 16.7 Å². The third-order valence-electron chi connectivity index (χ3n) is 6.30. The second-order valence-electron chi connectivity index (χ2n) is 9.29. The fourth-order valence-corrected chi connectivity index (χ4v) is 4.22. The lowest BCUT2D eigenvalue weighted by Crippen LogP contribution is -2.29. The number of nitrogens with zero attached hydrogens (tertiary/aromatic N) is 3. The van der Waals surface area contributed by atoms with Gasteiger partial charge in [-0.3, -0.25) is 10.2 Å². The smallest absolute Gasteiger partial charge is 0.291 e. The molecule has 0 spiro atoms. The molecule has 0 radical (unpaired) electrons. The Morgan fingerprint density at radius 2 is 1.93 bits per heavy atom. The Labute approximate surface area is 239 Å². The number of amidine groups is 1. The summed E-state index contributed by atoms with van der Waals surface area (Å²) in [4.78, 5) is 21.9. The number of carbonyl (C=O) groups excluding carboxylic acids is 1. The number of nitriles is 1. The van der Waals surface area contributed by atoms with Crippen molar-refractivity contribution in [2.75, 3.05) is 25.0 Å². The van der Waals surface area contributed by atoms with E-state index in [0.717, 1.165) is 30.5 Å². The molecule has 1 aliphatic rings. The van der Waals surface area contributed by atoms with Crippen molar-refractivity contribution in [1.29, 1.82) is 10.7 Å². The predicted molar refractivity (Wildman–Crippen MR) is 159 cm³/mol. The summed E-state index contributed by atoms with van der Waals surface area (Å²) < 4.78 is 11.3. The number of nitrogens with one attached hydrogen (secondary N) is 3. The number of unbranched alkanes of at least 4 members (excludes halogenated alkanes) is 1. The zero-order valence-electron chi connectivity index (χ0n) is 22.9. The highest BCUT2D eigenvalue weighted by Crippen LogP contribution is 2.24. The van der Waals surface area contributed by atoms with E-state index in [9.17, 15) is 10.1 Å². The number of carbonyl (C=O) groups is 1. The Hall–Kier alpha value is -4.85. The van der Waals surface area contributed by atoms with Crippen molar-refractivity contribution in [3.05, 3.63) is 101 Å². The summed E-state index contributed by atoms with van der Waals surface area (Å²) >= 11 is 0. The Balaban J connectivity index is 1.52. The molecule has 5 N–H and O–H groups in total. The van der Waals surface area contributed by atoms with Crippen LogP contribution in [0.1, 0.15) is 47.6 Å². The summed E-state index contributed by atoms with van der Waals surface area (Å²) in [7, 11) is 0. The standard InChI is InChI=1S/C31H33N7O3/c1-2-3-15-35-16-17-40-20-23-18-21(19-32)13-14-24(23)28(33)41-31(34)38-29-30(39)36-26-12-8-7-11-25(26)27(37-29)22-9-5-4-6-10-22/h4-14,18,29,33,35H,2-3,15-17,20H2,1H3,(H2,34,38)(H,36,39). The van der Waals surface area contributed by atoms with Gasteiger partial charge in [0, 0.05) is 23.2 Å². The molecule has 0 saturated carbocycles. The van der Waals surface area contributed by atoms with Crippen molar-refractivity contribution in [3.8, 4) is 6.07 Å². The van der Waals surface area contributed by atoms with Gasteiger partial charge >= 0.3 is 0 Å². The summed E-state index contributed by atoms with van der Waals surface area (Å²) in [5.74, 6) is -0.776. The van der Waals surface area contributed by atoms with Crippen LogP contribution in [0.3, 0.4) is 0 Å². The number of benzodiazepines with no additional fused rings is 1. The summed E-state index contributed by atoms with van der Waals surface area (Å²) in [6, 6.07) is 23.4. The van der Waals surface area contributed by atoms with Crippen LogP contribution < -0.4 is 16.4 Å². The van der Waals surface area contributed by atoms with Crippen molar-refractivity contribution in [2.45, 2.75) is 32.5 Å². The largest absolute Gasteiger partial charge is 0.407 e. The lowest BCUT2D eigenvalue weighted by molar-refractivity contribution is -0.117. The van der Waals surface area contributed by atoms with E-state index in [1.54, 1.807) is 24.3 Å². The minimum atomic E-state index is -1.24. The van der Waals surface area contributed by atoms with Gasteiger partial charge in [0.05, 0.1) is 36.2 Å². The maximum absolute atomic E-state index is 13.1. The Bertz CT molecular complexity index is 1480. The lowest BCUT2D eigenvalue weighted by atomic mass is 10.0. The molecule has 0 aromatic heterocycles. The van der Waals surface area contributed by atoms with Crippen LogP contribution in [0.5, 0.6) is 0 Å². The number of fused-ring (bicyclic) bond motifs is 1. The van der Waals surface area contributed by atoms with Crippen molar-refractivity contribution >= 4 is 29.2 Å². The number of rotatable bonds is 11. The quantitative estimate of drug-likeness (QED) is 0.161. The van der Waals surface area contributed by atoms with E-state index in [1.807, 2.05) is 48.5 Å². The average Bonchev–Trinajstić information content (AvgIpc) is 3.12. The van der Waals surface area contributed by atoms with Gasteiger partial charge in [-0.2, -0.15) is 10.3 Å². The molecule has 1 unspecified atom stereocenters. The summed E-state index contributed by atoms with van der Waals surface area (Å²) in [6.07, 6.45) is 0.973. The van der Waals surface area contributed by atoms with E-state index >= 15 is 0 Å². The van der Waals surface area contributed by atoms with Crippen LogP contribution in [-0.4, -0.2) is 49.4 Å². The third-order valence-corrected chi connectivity index (χ3v) is 6.30. The first-order valence-corrected chi connectivity index (χ1v) is 13.4.